The number of amides is 1. The van der Waals surface area contributed by atoms with Crippen LogP contribution < -0.4 is 20.5 Å². The number of hydrogen-bond acceptors (Lipinski definition) is 8. The molecule has 1 heterocycles. The van der Waals surface area contributed by atoms with E-state index >= 15 is 0 Å². The molecule has 0 bridgehead atoms. The zero-order valence-electron chi connectivity index (χ0n) is 17.5. The van der Waals surface area contributed by atoms with Gasteiger partial charge in [0.1, 0.15) is 33.8 Å². The van der Waals surface area contributed by atoms with E-state index < -0.39 is 15.7 Å². The topological polar surface area (TPSA) is 126 Å². The summed E-state index contributed by atoms with van der Waals surface area (Å²) in [5, 5.41) is 7.52. The number of nitrogens with zero attached hydrogens (tertiary/aromatic N) is 2. The van der Waals surface area contributed by atoms with Crippen molar-refractivity contribution in [2.75, 3.05) is 31.5 Å². The van der Waals surface area contributed by atoms with E-state index in [4.69, 9.17) is 26.8 Å². The number of thioether (sulfide) groups is 1. The Morgan fingerprint density at radius 3 is 2.47 bits per heavy atom. The van der Waals surface area contributed by atoms with Crippen LogP contribution in [0.1, 0.15) is 0 Å². The predicted octanol–water partition coefficient (Wildman–Crippen LogP) is 3.33. The quantitative estimate of drug-likeness (QED) is 0.455. The van der Waals surface area contributed by atoms with E-state index in [1.807, 2.05) is 0 Å². The highest BCUT2D eigenvalue weighted by Crippen LogP contribution is 2.34. The lowest BCUT2D eigenvalue weighted by atomic mass is 10.2. The summed E-state index contributed by atoms with van der Waals surface area (Å²) in [5.74, 6) is 0.343. The first kappa shape index (κ1) is 23.8. The van der Waals surface area contributed by atoms with Crippen molar-refractivity contribution < 1.29 is 22.7 Å². The van der Waals surface area contributed by atoms with Crippen LogP contribution in [0.15, 0.2) is 57.3 Å². The summed E-state index contributed by atoms with van der Waals surface area (Å²) in [6, 6.07) is 10.7. The standard InChI is InChI=1S/C20H21ClN4O5S2/c1-29-13-6-9-16(30-2)15(10-13)23-17(26)11-25-19(22)18(20(24-25)31-3)32(27,28)14-7-4-12(21)5-8-14/h4-10H,11,22H2,1-3H3,(H,23,26). The van der Waals surface area contributed by atoms with Gasteiger partial charge in [0.2, 0.25) is 15.7 Å². The summed E-state index contributed by atoms with van der Waals surface area (Å²) < 4.78 is 37.9. The zero-order chi connectivity index (χ0) is 23.5. The van der Waals surface area contributed by atoms with Crippen LogP contribution >= 0.6 is 23.4 Å². The van der Waals surface area contributed by atoms with Crippen molar-refractivity contribution in [3.05, 3.63) is 47.5 Å². The van der Waals surface area contributed by atoms with Crippen LogP contribution in [-0.2, 0) is 21.2 Å². The maximum absolute atomic E-state index is 13.2. The second kappa shape index (κ2) is 9.72. The lowest BCUT2D eigenvalue weighted by molar-refractivity contribution is -0.116. The van der Waals surface area contributed by atoms with Gasteiger partial charge in [-0.15, -0.1) is 11.8 Å². The number of carbonyl (C=O) groups is 1. The Balaban J connectivity index is 1.91. The number of anilines is 2. The molecule has 2 aromatic carbocycles. The van der Waals surface area contributed by atoms with Gasteiger partial charge in [0.25, 0.3) is 0 Å². The molecule has 170 valence electrons. The molecular weight excluding hydrogens is 476 g/mol. The van der Waals surface area contributed by atoms with E-state index in [1.54, 1.807) is 24.5 Å². The number of nitrogens with one attached hydrogen (secondary N) is 1. The highest BCUT2D eigenvalue weighted by molar-refractivity contribution is 7.99. The van der Waals surface area contributed by atoms with Crippen molar-refractivity contribution in [2.24, 2.45) is 0 Å². The molecular formula is C20H21ClN4O5S2. The molecule has 0 unspecified atom stereocenters. The lowest BCUT2D eigenvalue weighted by Crippen LogP contribution is -2.21. The monoisotopic (exact) mass is 496 g/mol. The minimum Gasteiger partial charge on any atom is -0.497 e. The third-order valence-corrected chi connectivity index (χ3v) is 7.36. The molecule has 32 heavy (non-hydrogen) atoms. The van der Waals surface area contributed by atoms with Crippen molar-refractivity contribution in [1.29, 1.82) is 0 Å². The van der Waals surface area contributed by atoms with Crippen molar-refractivity contribution >= 4 is 50.6 Å². The van der Waals surface area contributed by atoms with Crippen molar-refractivity contribution in [1.82, 2.24) is 9.78 Å². The number of nitrogens with two attached hydrogens (primary N) is 1. The van der Waals surface area contributed by atoms with Gasteiger partial charge in [-0.05, 0) is 42.7 Å². The van der Waals surface area contributed by atoms with Crippen molar-refractivity contribution in [3.63, 3.8) is 0 Å². The first-order valence-corrected chi connectivity index (χ1v) is 12.2. The molecule has 3 rings (SSSR count). The minimum absolute atomic E-state index is 0.0222. The molecule has 12 heteroatoms. The van der Waals surface area contributed by atoms with Crippen LogP contribution in [0.2, 0.25) is 5.02 Å². The van der Waals surface area contributed by atoms with E-state index in [2.05, 4.69) is 10.4 Å². The van der Waals surface area contributed by atoms with Gasteiger partial charge in [-0.3, -0.25) is 4.79 Å². The molecule has 0 radical (unpaired) electrons. The van der Waals surface area contributed by atoms with Gasteiger partial charge in [0, 0.05) is 11.1 Å². The number of rotatable bonds is 8. The second-order valence-corrected chi connectivity index (χ2v) is 9.57. The van der Waals surface area contributed by atoms with Crippen molar-refractivity contribution in [2.45, 2.75) is 21.4 Å². The summed E-state index contributed by atoms with van der Waals surface area (Å²) in [7, 11) is -1.00. The molecule has 0 atom stereocenters. The first-order valence-electron chi connectivity index (χ1n) is 9.14. The molecule has 0 aliphatic rings. The molecule has 0 aliphatic carbocycles. The molecule has 0 fully saturated rings. The van der Waals surface area contributed by atoms with E-state index in [0.717, 1.165) is 16.4 Å². The van der Waals surface area contributed by atoms with E-state index in [-0.39, 0.29) is 27.2 Å². The van der Waals surface area contributed by atoms with Gasteiger partial charge in [0.05, 0.1) is 24.8 Å². The van der Waals surface area contributed by atoms with Crippen LogP contribution in [0.5, 0.6) is 11.5 Å². The number of methoxy groups -OCH3 is 2. The van der Waals surface area contributed by atoms with Gasteiger partial charge in [-0.2, -0.15) is 5.10 Å². The number of aromatic nitrogens is 2. The Bertz CT molecular complexity index is 1240. The number of benzene rings is 2. The van der Waals surface area contributed by atoms with E-state index in [0.29, 0.717) is 22.2 Å². The Kier molecular flexibility index (Phi) is 7.22. The minimum atomic E-state index is -3.98. The van der Waals surface area contributed by atoms with Gasteiger partial charge < -0.3 is 20.5 Å². The number of carbonyl (C=O) groups excluding carboxylic acids is 1. The summed E-state index contributed by atoms with van der Waals surface area (Å²) >= 11 is 6.98. The molecule has 0 saturated carbocycles. The fourth-order valence-electron chi connectivity index (χ4n) is 2.91. The smallest absolute Gasteiger partial charge is 0.246 e. The van der Waals surface area contributed by atoms with Crippen LogP contribution in [0.3, 0.4) is 0 Å². The van der Waals surface area contributed by atoms with Crippen LogP contribution in [0.25, 0.3) is 0 Å². The Morgan fingerprint density at radius 2 is 1.88 bits per heavy atom. The van der Waals surface area contributed by atoms with Crippen LogP contribution in [0.4, 0.5) is 11.5 Å². The molecule has 3 N–H and O–H groups in total. The number of hydrogen-bond donors (Lipinski definition) is 2. The van der Waals surface area contributed by atoms with Gasteiger partial charge in [0.15, 0.2) is 0 Å². The second-order valence-electron chi connectivity index (χ2n) is 6.45. The number of nitrogen functional groups attached to an aromatic ring is 1. The third kappa shape index (κ3) is 4.79. The molecule has 0 spiro atoms. The molecule has 0 saturated heterocycles. The zero-order valence-corrected chi connectivity index (χ0v) is 19.8. The average Bonchev–Trinajstić information content (AvgIpc) is 3.09. The van der Waals surface area contributed by atoms with E-state index in [1.165, 1.54) is 38.5 Å². The molecule has 1 aromatic heterocycles. The maximum Gasteiger partial charge on any atom is 0.246 e. The predicted molar refractivity (Wildman–Crippen MR) is 123 cm³/mol. The maximum atomic E-state index is 13.2. The average molecular weight is 497 g/mol. The summed E-state index contributed by atoms with van der Waals surface area (Å²) in [4.78, 5) is 12.5. The molecule has 0 aliphatic heterocycles. The number of sulfone groups is 1. The molecule has 9 nitrogen and oxygen atoms in total. The van der Waals surface area contributed by atoms with Gasteiger partial charge in [-0.1, -0.05) is 11.6 Å². The third-order valence-electron chi connectivity index (χ3n) is 4.48. The summed E-state index contributed by atoms with van der Waals surface area (Å²) in [6.07, 6.45) is 1.67. The highest BCUT2D eigenvalue weighted by atomic mass is 35.5. The summed E-state index contributed by atoms with van der Waals surface area (Å²) in [5.41, 5.74) is 6.52. The fourth-order valence-corrected chi connectivity index (χ4v) is 5.47. The fraction of sp³-hybridized carbons (Fsp3) is 0.200. The van der Waals surface area contributed by atoms with Gasteiger partial charge >= 0.3 is 0 Å². The SMILES string of the molecule is COc1ccc(OC)c(NC(=O)Cn2nc(SC)c(S(=O)(=O)c3ccc(Cl)cc3)c2N)c1. The molecule has 1 amide bonds. The van der Waals surface area contributed by atoms with Crippen molar-refractivity contribution in [3.8, 4) is 11.5 Å². The Labute approximate surface area is 194 Å². The van der Waals surface area contributed by atoms with E-state index in [9.17, 15) is 13.2 Å². The lowest BCUT2D eigenvalue weighted by Gasteiger charge is -2.12. The number of ether oxygens (including phenoxy) is 2. The number of halogens is 1. The largest absolute Gasteiger partial charge is 0.497 e. The van der Waals surface area contributed by atoms with Crippen LogP contribution in [-0.4, -0.2) is 44.6 Å². The van der Waals surface area contributed by atoms with Gasteiger partial charge in [-0.25, -0.2) is 13.1 Å². The first-order chi connectivity index (χ1) is 15.2. The van der Waals surface area contributed by atoms with Crippen LogP contribution in [0, 0.1) is 0 Å². The highest BCUT2D eigenvalue weighted by Gasteiger charge is 2.29. The summed E-state index contributed by atoms with van der Waals surface area (Å²) in [6.45, 7) is -0.310. The molecule has 3 aromatic rings. The Morgan fingerprint density at radius 1 is 1.19 bits per heavy atom. The Hall–Kier alpha value is -2.89. The normalized spacial score (nSPS) is 11.2.